The van der Waals surface area contributed by atoms with E-state index in [1.165, 1.54) is 12.1 Å². The summed E-state index contributed by atoms with van der Waals surface area (Å²) in [6.07, 6.45) is 5.34. The predicted octanol–water partition coefficient (Wildman–Crippen LogP) is 3.69. The van der Waals surface area contributed by atoms with Crippen LogP contribution in [-0.4, -0.2) is 27.3 Å². The second-order valence-electron chi connectivity index (χ2n) is 6.22. The van der Waals surface area contributed by atoms with Gasteiger partial charge in [0.2, 0.25) is 0 Å². The zero-order chi connectivity index (χ0) is 19.5. The topological polar surface area (TPSA) is 69.4 Å². The van der Waals surface area contributed by atoms with Crippen molar-refractivity contribution in [2.45, 2.75) is 6.92 Å². The van der Waals surface area contributed by atoms with Gasteiger partial charge in [0.15, 0.2) is 5.69 Å². The van der Waals surface area contributed by atoms with Gasteiger partial charge in [-0.1, -0.05) is 18.2 Å². The molecule has 1 heterocycles. The fourth-order valence-corrected chi connectivity index (χ4v) is 4.56. The van der Waals surface area contributed by atoms with Crippen LogP contribution in [0.1, 0.15) is 6.92 Å². The smallest absolute Gasteiger partial charge is 0.306 e. The van der Waals surface area contributed by atoms with Crippen molar-refractivity contribution in [3.8, 4) is 11.5 Å². The number of nitrogens with zero attached hydrogens (tertiary/aromatic N) is 1. The second-order valence-corrected chi connectivity index (χ2v) is 8.61. The SMILES string of the molecule is CCS(=O)(=O)[N+]1(c2cccc(Oc3cccc(F)c3)c2)C=C(CN)C=CC1. The lowest BCUT2D eigenvalue weighted by molar-refractivity contribution is 0.473. The number of hydrogen-bond acceptors (Lipinski definition) is 4. The first-order valence-corrected chi connectivity index (χ1v) is 10.2. The summed E-state index contributed by atoms with van der Waals surface area (Å²) < 4.78 is 44.8. The van der Waals surface area contributed by atoms with Crippen LogP contribution in [0.2, 0.25) is 0 Å². The largest absolute Gasteiger partial charge is 0.457 e. The van der Waals surface area contributed by atoms with E-state index in [0.29, 0.717) is 17.2 Å². The first-order valence-electron chi connectivity index (χ1n) is 8.63. The van der Waals surface area contributed by atoms with Crippen molar-refractivity contribution in [2.24, 2.45) is 5.73 Å². The molecular formula is C20H22FN2O3S+. The third-order valence-corrected chi connectivity index (χ3v) is 6.65. The summed E-state index contributed by atoms with van der Waals surface area (Å²) in [7, 11) is -3.54. The number of hydrogen-bond donors (Lipinski definition) is 1. The molecule has 7 heteroatoms. The summed E-state index contributed by atoms with van der Waals surface area (Å²) in [6, 6.07) is 12.6. The molecule has 142 valence electrons. The Kier molecular flexibility index (Phi) is 5.46. The van der Waals surface area contributed by atoms with Crippen LogP contribution in [0.3, 0.4) is 0 Å². The van der Waals surface area contributed by atoms with Crippen molar-refractivity contribution in [1.82, 2.24) is 3.89 Å². The van der Waals surface area contributed by atoms with Crippen molar-refractivity contribution in [3.05, 3.63) is 78.3 Å². The number of ether oxygens (including phenoxy) is 1. The number of nitrogens with two attached hydrogens (primary N) is 1. The Morgan fingerprint density at radius 1 is 1.15 bits per heavy atom. The van der Waals surface area contributed by atoms with Crippen molar-refractivity contribution in [1.29, 1.82) is 0 Å². The van der Waals surface area contributed by atoms with E-state index in [-0.39, 0.29) is 22.7 Å². The fraction of sp³-hybridized carbons (Fsp3) is 0.200. The zero-order valence-electron chi connectivity index (χ0n) is 15.0. The highest BCUT2D eigenvalue weighted by Crippen LogP contribution is 2.35. The maximum absolute atomic E-state index is 13.4. The van der Waals surface area contributed by atoms with Crippen molar-refractivity contribution in [2.75, 3.05) is 18.8 Å². The molecule has 1 aliphatic heterocycles. The summed E-state index contributed by atoms with van der Waals surface area (Å²) in [5, 5.41) is 0. The van der Waals surface area contributed by atoms with Crippen LogP contribution >= 0.6 is 0 Å². The van der Waals surface area contributed by atoms with E-state index >= 15 is 0 Å². The van der Waals surface area contributed by atoms with Gasteiger partial charge in [-0.25, -0.2) is 4.39 Å². The maximum Gasteiger partial charge on any atom is 0.306 e. The van der Waals surface area contributed by atoms with E-state index in [1.807, 2.05) is 12.2 Å². The number of quaternary nitrogens is 1. The molecule has 0 aromatic heterocycles. The number of rotatable bonds is 6. The van der Waals surface area contributed by atoms with Crippen LogP contribution in [0.5, 0.6) is 11.5 Å². The molecule has 27 heavy (non-hydrogen) atoms. The summed E-state index contributed by atoms with van der Waals surface area (Å²) >= 11 is 0. The number of halogens is 1. The molecule has 2 aromatic rings. The first-order chi connectivity index (χ1) is 12.9. The lowest BCUT2D eigenvalue weighted by atomic mass is 10.2. The molecular weight excluding hydrogens is 367 g/mol. The minimum atomic E-state index is -3.54. The van der Waals surface area contributed by atoms with Gasteiger partial charge in [0.1, 0.15) is 30.1 Å². The van der Waals surface area contributed by atoms with Gasteiger partial charge >= 0.3 is 10.0 Å². The molecule has 1 unspecified atom stereocenters. The van der Waals surface area contributed by atoms with Gasteiger partial charge in [0, 0.05) is 30.3 Å². The standard InChI is InChI=1S/C20H22FN2O3S/c1-2-27(24,25)23(11-5-6-16(14-22)15-23)18-8-4-10-20(13-18)26-19-9-3-7-17(21)12-19/h3-10,12-13,15H,2,11,14,22H2,1H3/q+1. The molecule has 0 saturated heterocycles. The van der Waals surface area contributed by atoms with Crippen LogP contribution in [0.15, 0.2) is 72.5 Å². The van der Waals surface area contributed by atoms with Gasteiger partial charge in [-0.3, -0.25) is 0 Å². The average Bonchev–Trinajstić information content (AvgIpc) is 2.68. The molecule has 1 aliphatic rings. The van der Waals surface area contributed by atoms with Crippen molar-refractivity contribution >= 4 is 15.7 Å². The van der Waals surface area contributed by atoms with Gasteiger partial charge in [0.05, 0.1) is 5.75 Å². The molecule has 0 aliphatic carbocycles. The molecule has 0 fully saturated rings. The number of sulfonamides is 1. The Morgan fingerprint density at radius 3 is 2.52 bits per heavy atom. The van der Waals surface area contributed by atoms with E-state index in [9.17, 15) is 12.8 Å². The molecule has 0 spiro atoms. The van der Waals surface area contributed by atoms with E-state index in [1.54, 1.807) is 49.5 Å². The monoisotopic (exact) mass is 389 g/mol. The summed E-state index contributed by atoms with van der Waals surface area (Å²) in [5.74, 6) is 0.342. The normalized spacial score (nSPS) is 19.6. The van der Waals surface area contributed by atoms with Crippen LogP contribution in [0.4, 0.5) is 10.1 Å². The van der Waals surface area contributed by atoms with Crippen molar-refractivity contribution in [3.63, 3.8) is 0 Å². The molecule has 3 rings (SSSR count). The lowest BCUT2D eigenvalue weighted by Crippen LogP contribution is -2.51. The van der Waals surface area contributed by atoms with E-state index in [0.717, 1.165) is 5.57 Å². The molecule has 0 amide bonds. The summed E-state index contributed by atoms with van der Waals surface area (Å²) in [4.78, 5) is 0. The van der Waals surface area contributed by atoms with Gasteiger partial charge in [-0.15, -0.1) is 0 Å². The Balaban J connectivity index is 2.07. The Labute approximate surface area is 158 Å². The second kappa shape index (κ2) is 7.64. The molecule has 0 saturated carbocycles. The Bertz CT molecular complexity index is 1000. The van der Waals surface area contributed by atoms with Crippen LogP contribution < -0.4 is 14.4 Å². The molecule has 2 aromatic carbocycles. The van der Waals surface area contributed by atoms with E-state index in [4.69, 9.17) is 10.5 Å². The predicted molar refractivity (Wildman–Crippen MR) is 105 cm³/mol. The van der Waals surface area contributed by atoms with Crippen LogP contribution in [0, 0.1) is 5.82 Å². The van der Waals surface area contributed by atoms with Crippen LogP contribution in [0.25, 0.3) is 0 Å². The van der Waals surface area contributed by atoms with Crippen LogP contribution in [-0.2, 0) is 10.0 Å². The van der Waals surface area contributed by atoms with E-state index < -0.39 is 15.8 Å². The van der Waals surface area contributed by atoms with Gasteiger partial charge in [-0.05, 0) is 31.2 Å². The van der Waals surface area contributed by atoms with Crippen molar-refractivity contribution < 1.29 is 17.5 Å². The zero-order valence-corrected chi connectivity index (χ0v) is 15.8. The quantitative estimate of drug-likeness (QED) is 0.765. The maximum atomic E-state index is 13.4. The Morgan fingerprint density at radius 2 is 1.85 bits per heavy atom. The number of benzene rings is 2. The highest BCUT2D eigenvalue weighted by molar-refractivity contribution is 7.91. The third-order valence-electron chi connectivity index (χ3n) is 4.47. The van der Waals surface area contributed by atoms with Gasteiger partial charge < -0.3 is 10.5 Å². The molecule has 0 radical (unpaired) electrons. The molecule has 5 nitrogen and oxygen atoms in total. The van der Waals surface area contributed by atoms with E-state index in [2.05, 4.69) is 0 Å². The highest BCUT2D eigenvalue weighted by atomic mass is 32.2. The third kappa shape index (κ3) is 3.80. The Hall–Kier alpha value is -2.48. The summed E-state index contributed by atoms with van der Waals surface area (Å²) in [6.45, 7) is 2.13. The van der Waals surface area contributed by atoms with Gasteiger partial charge in [-0.2, -0.15) is 12.3 Å². The molecule has 2 N–H and O–H groups in total. The average molecular weight is 389 g/mol. The fourth-order valence-electron chi connectivity index (χ4n) is 3.06. The lowest BCUT2D eigenvalue weighted by Gasteiger charge is -2.34. The first kappa shape index (κ1) is 19.3. The molecule has 1 atom stereocenters. The minimum absolute atomic E-state index is 0.0236. The minimum Gasteiger partial charge on any atom is -0.457 e. The van der Waals surface area contributed by atoms with Gasteiger partial charge in [0.25, 0.3) is 0 Å². The molecule has 0 bridgehead atoms. The highest BCUT2D eigenvalue weighted by Gasteiger charge is 2.42. The summed E-state index contributed by atoms with van der Waals surface area (Å²) in [5.41, 5.74) is 7.04.